The van der Waals surface area contributed by atoms with Crippen molar-refractivity contribution in [3.8, 4) is 11.8 Å². The van der Waals surface area contributed by atoms with Gasteiger partial charge in [-0.3, -0.25) is 9.59 Å². The third kappa shape index (κ3) is 5.15. The first kappa shape index (κ1) is 20.1. The van der Waals surface area contributed by atoms with Gasteiger partial charge in [-0.1, -0.05) is 19.3 Å². The smallest absolute Gasteiger partial charge is 0.316 e. The molecule has 26 heavy (non-hydrogen) atoms. The number of likely N-dealkylation sites (N-methyl/N-ethyl adjacent to an activating group) is 1. The third-order valence-corrected chi connectivity index (χ3v) is 5.66. The van der Waals surface area contributed by atoms with Crippen LogP contribution >= 0.6 is 11.8 Å². The number of esters is 1. The lowest BCUT2D eigenvalue weighted by molar-refractivity contribution is -0.151. The van der Waals surface area contributed by atoms with Gasteiger partial charge in [0.2, 0.25) is 0 Å². The summed E-state index contributed by atoms with van der Waals surface area (Å²) in [7, 11) is 3.22. The standard InChI is InChI=1S/C19H24N2O4S/c1-21(19(14-20)10-4-3-5-11-19)17(22)12-25-18(23)13-26-16-8-6-15(24-2)7-9-16/h6-9H,3-5,10-13H2,1-2H3. The zero-order valence-corrected chi connectivity index (χ0v) is 16.0. The first-order valence-corrected chi connectivity index (χ1v) is 9.60. The molecule has 0 heterocycles. The molecule has 0 atom stereocenters. The number of carbonyl (C=O) groups is 2. The molecule has 1 aliphatic rings. The van der Waals surface area contributed by atoms with Crippen molar-refractivity contribution >= 4 is 23.6 Å². The summed E-state index contributed by atoms with van der Waals surface area (Å²) in [6.07, 6.45) is 4.30. The zero-order chi connectivity index (χ0) is 19.0. The molecule has 6 nitrogen and oxygen atoms in total. The van der Waals surface area contributed by atoms with Crippen molar-refractivity contribution in [3.05, 3.63) is 24.3 Å². The predicted molar refractivity (Wildman–Crippen MR) is 98.9 cm³/mol. The molecule has 0 bridgehead atoms. The number of nitrogens with zero attached hydrogens (tertiary/aromatic N) is 2. The normalized spacial score (nSPS) is 15.6. The minimum absolute atomic E-state index is 0.118. The van der Waals surface area contributed by atoms with Crippen LogP contribution in [0, 0.1) is 11.3 Å². The van der Waals surface area contributed by atoms with Gasteiger partial charge in [0, 0.05) is 11.9 Å². The van der Waals surface area contributed by atoms with Crippen molar-refractivity contribution in [1.29, 1.82) is 5.26 Å². The number of benzene rings is 1. The van der Waals surface area contributed by atoms with Crippen LogP contribution in [0.4, 0.5) is 0 Å². The number of hydrogen-bond donors (Lipinski definition) is 0. The predicted octanol–water partition coefficient (Wildman–Crippen LogP) is 3.02. The molecule has 1 amide bonds. The fourth-order valence-corrected chi connectivity index (χ4v) is 3.69. The molecule has 0 spiro atoms. The monoisotopic (exact) mass is 376 g/mol. The maximum absolute atomic E-state index is 12.3. The number of ether oxygens (including phenoxy) is 2. The van der Waals surface area contributed by atoms with Crippen LogP contribution in [-0.4, -0.2) is 48.8 Å². The lowest BCUT2D eigenvalue weighted by Crippen LogP contribution is -2.51. The molecule has 7 heteroatoms. The van der Waals surface area contributed by atoms with Gasteiger partial charge < -0.3 is 14.4 Å². The summed E-state index contributed by atoms with van der Waals surface area (Å²) in [6, 6.07) is 9.64. The number of nitriles is 1. The van der Waals surface area contributed by atoms with Gasteiger partial charge in [0.25, 0.3) is 5.91 Å². The molecular weight excluding hydrogens is 352 g/mol. The highest BCUT2D eigenvalue weighted by molar-refractivity contribution is 8.00. The summed E-state index contributed by atoms with van der Waals surface area (Å²) < 4.78 is 10.2. The number of rotatable bonds is 7. The summed E-state index contributed by atoms with van der Waals surface area (Å²) in [6.45, 7) is -0.331. The van der Waals surface area contributed by atoms with E-state index in [-0.39, 0.29) is 18.3 Å². The van der Waals surface area contributed by atoms with Gasteiger partial charge in [-0.15, -0.1) is 11.8 Å². The molecule has 1 saturated carbocycles. The highest BCUT2D eigenvalue weighted by Crippen LogP contribution is 2.32. The summed E-state index contributed by atoms with van der Waals surface area (Å²) in [5.41, 5.74) is -0.764. The second kappa shape index (κ2) is 9.48. The second-order valence-corrected chi connectivity index (χ2v) is 7.33. The van der Waals surface area contributed by atoms with Crippen LogP contribution in [0.2, 0.25) is 0 Å². The molecule has 1 fully saturated rings. The quantitative estimate of drug-likeness (QED) is 0.538. The molecule has 1 aromatic rings. The Hall–Kier alpha value is -2.20. The topological polar surface area (TPSA) is 79.6 Å². The Morgan fingerprint density at radius 2 is 1.88 bits per heavy atom. The van der Waals surface area contributed by atoms with Crippen LogP contribution in [0.3, 0.4) is 0 Å². The number of thioether (sulfide) groups is 1. The molecular formula is C19H24N2O4S. The minimum Gasteiger partial charge on any atom is -0.497 e. The second-order valence-electron chi connectivity index (χ2n) is 6.28. The highest BCUT2D eigenvalue weighted by atomic mass is 32.2. The van der Waals surface area contributed by atoms with Crippen molar-refractivity contribution in [1.82, 2.24) is 4.90 Å². The first-order chi connectivity index (χ1) is 12.5. The molecule has 0 unspecified atom stereocenters. The van der Waals surface area contributed by atoms with E-state index >= 15 is 0 Å². The Bertz CT molecular complexity index is 663. The fourth-order valence-electron chi connectivity index (χ4n) is 2.99. The van der Waals surface area contributed by atoms with E-state index in [0.29, 0.717) is 12.8 Å². The fraction of sp³-hybridized carbons (Fsp3) is 0.526. The molecule has 0 saturated heterocycles. The average molecular weight is 376 g/mol. The van der Waals surface area contributed by atoms with E-state index in [1.807, 2.05) is 24.3 Å². The van der Waals surface area contributed by atoms with E-state index in [1.165, 1.54) is 16.7 Å². The van der Waals surface area contributed by atoms with Gasteiger partial charge in [-0.05, 0) is 37.1 Å². The Kier molecular flexibility index (Phi) is 7.34. The maximum atomic E-state index is 12.3. The first-order valence-electron chi connectivity index (χ1n) is 8.61. The largest absolute Gasteiger partial charge is 0.497 e. The Morgan fingerprint density at radius 3 is 2.46 bits per heavy atom. The zero-order valence-electron chi connectivity index (χ0n) is 15.2. The molecule has 0 radical (unpaired) electrons. The molecule has 1 aliphatic carbocycles. The molecule has 0 aromatic heterocycles. The molecule has 1 aromatic carbocycles. The molecule has 0 N–H and O–H groups in total. The van der Waals surface area contributed by atoms with Crippen LogP contribution in [0.1, 0.15) is 32.1 Å². The van der Waals surface area contributed by atoms with E-state index < -0.39 is 11.5 Å². The molecule has 0 aliphatic heterocycles. The molecule has 140 valence electrons. The van der Waals surface area contributed by atoms with E-state index in [2.05, 4.69) is 6.07 Å². The van der Waals surface area contributed by atoms with Crippen molar-refractivity contribution in [3.63, 3.8) is 0 Å². The van der Waals surface area contributed by atoms with E-state index in [4.69, 9.17) is 9.47 Å². The number of amides is 1. The Balaban J connectivity index is 1.78. The summed E-state index contributed by atoms with van der Waals surface area (Å²) in [4.78, 5) is 26.6. The van der Waals surface area contributed by atoms with Crippen molar-refractivity contribution in [2.45, 2.75) is 42.5 Å². The summed E-state index contributed by atoms with van der Waals surface area (Å²) in [5, 5.41) is 9.52. The van der Waals surface area contributed by atoms with Gasteiger partial charge in [0.15, 0.2) is 6.61 Å². The Labute approximate surface area is 158 Å². The van der Waals surface area contributed by atoms with Crippen LogP contribution in [0.15, 0.2) is 29.2 Å². The lowest BCUT2D eigenvalue weighted by Gasteiger charge is -2.38. The van der Waals surface area contributed by atoms with Crippen molar-refractivity contribution in [2.75, 3.05) is 26.5 Å². The van der Waals surface area contributed by atoms with E-state index in [0.717, 1.165) is 29.9 Å². The number of carbonyl (C=O) groups excluding carboxylic acids is 2. The van der Waals surface area contributed by atoms with Crippen LogP contribution in [-0.2, 0) is 14.3 Å². The SMILES string of the molecule is COc1ccc(SCC(=O)OCC(=O)N(C)C2(C#N)CCCCC2)cc1. The number of hydrogen-bond acceptors (Lipinski definition) is 6. The van der Waals surface area contributed by atoms with E-state index in [9.17, 15) is 14.9 Å². The van der Waals surface area contributed by atoms with E-state index in [1.54, 1.807) is 14.2 Å². The van der Waals surface area contributed by atoms with Gasteiger partial charge >= 0.3 is 5.97 Å². The number of methoxy groups -OCH3 is 1. The van der Waals surface area contributed by atoms with Gasteiger partial charge in [0.05, 0.1) is 18.9 Å². The van der Waals surface area contributed by atoms with Crippen molar-refractivity contribution < 1.29 is 19.1 Å². The summed E-state index contributed by atoms with van der Waals surface area (Å²) >= 11 is 1.33. The third-order valence-electron chi connectivity index (χ3n) is 4.68. The summed E-state index contributed by atoms with van der Waals surface area (Å²) in [5.74, 6) is 0.0744. The van der Waals surface area contributed by atoms with Crippen LogP contribution in [0.25, 0.3) is 0 Å². The highest BCUT2D eigenvalue weighted by Gasteiger charge is 2.38. The average Bonchev–Trinajstić information content (AvgIpc) is 2.70. The van der Waals surface area contributed by atoms with Crippen molar-refractivity contribution in [2.24, 2.45) is 0 Å². The van der Waals surface area contributed by atoms with Gasteiger partial charge in [-0.25, -0.2) is 0 Å². The maximum Gasteiger partial charge on any atom is 0.316 e. The van der Waals surface area contributed by atoms with Gasteiger partial charge in [0.1, 0.15) is 11.3 Å². The van der Waals surface area contributed by atoms with Crippen LogP contribution < -0.4 is 4.74 Å². The Morgan fingerprint density at radius 1 is 1.23 bits per heavy atom. The van der Waals surface area contributed by atoms with Gasteiger partial charge in [-0.2, -0.15) is 5.26 Å². The lowest BCUT2D eigenvalue weighted by atomic mass is 9.81. The van der Waals surface area contributed by atoms with Crippen LogP contribution in [0.5, 0.6) is 5.75 Å². The minimum atomic E-state index is -0.764. The molecule has 2 rings (SSSR count).